The molecule has 0 radical (unpaired) electrons. The largest absolute Gasteiger partial charge is 0.365 e. The summed E-state index contributed by atoms with van der Waals surface area (Å²) < 4.78 is 0. The minimum absolute atomic E-state index is 0.137. The highest BCUT2D eigenvalue weighted by molar-refractivity contribution is 5.92. The van der Waals surface area contributed by atoms with E-state index >= 15 is 0 Å². The normalized spacial score (nSPS) is 26.2. The Morgan fingerprint density at radius 2 is 1.92 bits per heavy atom. The van der Waals surface area contributed by atoms with Crippen molar-refractivity contribution in [1.82, 2.24) is 14.9 Å². The van der Waals surface area contributed by atoms with E-state index in [1.54, 1.807) is 0 Å². The molecule has 2 atom stereocenters. The standard InChI is InChI=1S/C17H23N5O3/c18-14(23)13-7-19-17(20-15(13)24)22-9-11-6-12(22)8-21(11)16(25)10-4-2-1-3-5-10/h7,10-12H,1-6,8-9H2,(H2,18,23)(H,19,20,24)/t11-,12-/m0/s1. The van der Waals surface area contributed by atoms with Gasteiger partial charge in [0.2, 0.25) is 11.9 Å². The molecule has 3 aliphatic rings. The van der Waals surface area contributed by atoms with Crippen molar-refractivity contribution in [3.8, 4) is 0 Å². The van der Waals surface area contributed by atoms with Crippen LogP contribution in [-0.2, 0) is 4.79 Å². The van der Waals surface area contributed by atoms with Crippen LogP contribution in [0.4, 0.5) is 5.95 Å². The summed E-state index contributed by atoms with van der Waals surface area (Å²) >= 11 is 0. The number of H-pyrrole nitrogens is 1. The van der Waals surface area contributed by atoms with Crippen molar-refractivity contribution in [2.45, 2.75) is 50.6 Å². The van der Waals surface area contributed by atoms with Gasteiger partial charge in [-0.1, -0.05) is 19.3 Å². The number of hydrogen-bond donors (Lipinski definition) is 2. The second-order valence-electron chi connectivity index (χ2n) is 7.34. The number of hydrogen-bond acceptors (Lipinski definition) is 5. The second-order valence-corrected chi connectivity index (χ2v) is 7.34. The van der Waals surface area contributed by atoms with Crippen LogP contribution in [0.1, 0.15) is 48.9 Å². The van der Waals surface area contributed by atoms with Gasteiger partial charge < -0.3 is 15.5 Å². The van der Waals surface area contributed by atoms with Crippen LogP contribution in [0.25, 0.3) is 0 Å². The van der Waals surface area contributed by atoms with Gasteiger partial charge in [0.25, 0.3) is 11.5 Å². The predicted octanol–water partition coefficient (Wildman–Crippen LogP) is 0.239. The maximum Gasteiger partial charge on any atom is 0.265 e. The smallest absolute Gasteiger partial charge is 0.265 e. The summed E-state index contributed by atoms with van der Waals surface area (Å²) in [5, 5.41) is 0. The second kappa shape index (κ2) is 6.16. The Balaban J connectivity index is 1.46. The maximum atomic E-state index is 12.8. The third-order valence-electron chi connectivity index (χ3n) is 5.80. The van der Waals surface area contributed by atoms with E-state index in [1.807, 2.05) is 9.80 Å². The molecule has 0 spiro atoms. The van der Waals surface area contributed by atoms with Crippen LogP contribution in [0.3, 0.4) is 0 Å². The molecular formula is C17H23N5O3. The topological polar surface area (TPSA) is 112 Å². The zero-order chi connectivity index (χ0) is 17.6. The van der Waals surface area contributed by atoms with Gasteiger partial charge in [0.05, 0.1) is 12.1 Å². The summed E-state index contributed by atoms with van der Waals surface area (Å²) in [6.45, 7) is 1.35. The lowest BCUT2D eigenvalue weighted by molar-refractivity contribution is -0.137. The highest BCUT2D eigenvalue weighted by Crippen LogP contribution is 2.35. The van der Waals surface area contributed by atoms with E-state index in [2.05, 4.69) is 9.97 Å². The fraction of sp³-hybridized carbons (Fsp3) is 0.647. The van der Waals surface area contributed by atoms with Crippen LogP contribution >= 0.6 is 0 Å². The molecule has 2 saturated heterocycles. The number of aromatic nitrogens is 2. The predicted molar refractivity (Wildman–Crippen MR) is 91.2 cm³/mol. The van der Waals surface area contributed by atoms with Crippen molar-refractivity contribution in [3.63, 3.8) is 0 Å². The molecule has 8 heteroatoms. The van der Waals surface area contributed by atoms with Gasteiger partial charge in [-0.2, -0.15) is 0 Å². The molecule has 134 valence electrons. The summed E-state index contributed by atoms with van der Waals surface area (Å²) in [6, 6.07) is 0.348. The minimum Gasteiger partial charge on any atom is -0.365 e. The van der Waals surface area contributed by atoms with Crippen molar-refractivity contribution < 1.29 is 9.59 Å². The molecule has 2 aliphatic heterocycles. The maximum absolute atomic E-state index is 12.8. The number of rotatable bonds is 3. The molecule has 3 fully saturated rings. The molecule has 1 saturated carbocycles. The minimum atomic E-state index is -0.785. The molecule has 1 aliphatic carbocycles. The number of anilines is 1. The lowest BCUT2D eigenvalue weighted by Gasteiger charge is -2.36. The zero-order valence-corrected chi connectivity index (χ0v) is 14.1. The van der Waals surface area contributed by atoms with Crippen molar-refractivity contribution in [2.24, 2.45) is 11.7 Å². The van der Waals surface area contributed by atoms with Gasteiger partial charge in [-0.25, -0.2) is 4.98 Å². The molecule has 1 aromatic rings. The Labute approximate surface area is 145 Å². The van der Waals surface area contributed by atoms with Crippen molar-refractivity contribution in [2.75, 3.05) is 18.0 Å². The van der Waals surface area contributed by atoms with Gasteiger partial charge in [0.1, 0.15) is 5.56 Å². The number of nitrogens with one attached hydrogen (secondary N) is 1. The van der Waals surface area contributed by atoms with Crippen LogP contribution in [-0.4, -0.2) is 51.9 Å². The number of carbonyl (C=O) groups is 2. The van der Waals surface area contributed by atoms with E-state index in [4.69, 9.17) is 5.73 Å². The molecule has 25 heavy (non-hydrogen) atoms. The molecular weight excluding hydrogens is 322 g/mol. The average Bonchev–Trinajstić information content (AvgIpc) is 3.22. The van der Waals surface area contributed by atoms with Crippen LogP contribution < -0.4 is 16.2 Å². The number of likely N-dealkylation sites (tertiary alicyclic amines) is 1. The molecule has 3 N–H and O–H groups in total. The van der Waals surface area contributed by atoms with Crippen molar-refractivity contribution in [3.05, 3.63) is 22.1 Å². The van der Waals surface area contributed by atoms with Gasteiger partial charge in [-0.15, -0.1) is 0 Å². The number of aromatic amines is 1. The number of nitrogens with two attached hydrogens (primary N) is 1. The SMILES string of the molecule is NC(=O)c1cnc(N2C[C@@H]3C[C@H]2CN3C(=O)C2CCCCC2)[nH]c1=O. The Bertz CT molecular complexity index is 755. The van der Waals surface area contributed by atoms with Gasteiger partial charge >= 0.3 is 0 Å². The van der Waals surface area contributed by atoms with Gasteiger partial charge in [-0.3, -0.25) is 19.4 Å². The number of carbonyl (C=O) groups excluding carboxylic acids is 2. The molecule has 0 unspecified atom stereocenters. The van der Waals surface area contributed by atoms with E-state index in [1.165, 1.54) is 12.6 Å². The molecule has 2 amide bonds. The lowest BCUT2D eigenvalue weighted by Crippen LogP contribution is -2.51. The Kier molecular flexibility index (Phi) is 3.97. The van der Waals surface area contributed by atoms with Crippen LogP contribution in [0.15, 0.2) is 11.0 Å². The van der Waals surface area contributed by atoms with Crippen molar-refractivity contribution in [1.29, 1.82) is 0 Å². The molecule has 4 rings (SSSR count). The molecule has 0 aromatic carbocycles. The van der Waals surface area contributed by atoms with E-state index in [0.717, 1.165) is 32.1 Å². The van der Waals surface area contributed by atoms with Gasteiger partial charge in [0, 0.05) is 25.2 Å². The Morgan fingerprint density at radius 3 is 2.52 bits per heavy atom. The first kappa shape index (κ1) is 16.1. The van der Waals surface area contributed by atoms with Crippen molar-refractivity contribution >= 4 is 17.8 Å². The highest BCUT2D eigenvalue weighted by Gasteiger charge is 2.47. The first-order valence-corrected chi connectivity index (χ1v) is 9.01. The molecule has 1 aromatic heterocycles. The fourth-order valence-electron chi connectivity index (χ4n) is 4.49. The Morgan fingerprint density at radius 1 is 1.16 bits per heavy atom. The number of piperazine rings is 1. The lowest BCUT2D eigenvalue weighted by atomic mass is 9.88. The van der Waals surface area contributed by atoms with E-state index in [0.29, 0.717) is 24.9 Å². The van der Waals surface area contributed by atoms with E-state index in [9.17, 15) is 14.4 Å². The van der Waals surface area contributed by atoms with Crippen LogP contribution in [0.5, 0.6) is 0 Å². The number of amides is 2. The van der Waals surface area contributed by atoms with Crippen LogP contribution in [0, 0.1) is 5.92 Å². The zero-order valence-electron chi connectivity index (χ0n) is 14.1. The quantitative estimate of drug-likeness (QED) is 0.815. The molecule has 2 bridgehead atoms. The number of nitrogens with zero attached hydrogens (tertiary/aromatic N) is 3. The number of primary amides is 1. The van der Waals surface area contributed by atoms with Crippen LogP contribution in [0.2, 0.25) is 0 Å². The summed E-state index contributed by atoms with van der Waals surface area (Å²) in [5.74, 6) is 0.159. The number of fused-ring (bicyclic) bond motifs is 2. The fourth-order valence-corrected chi connectivity index (χ4v) is 4.49. The summed E-state index contributed by atoms with van der Waals surface area (Å²) in [7, 11) is 0. The van der Waals surface area contributed by atoms with Gasteiger partial charge in [0.15, 0.2) is 0 Å². The summed E-state index contributed by atoms with van der Waals surface area (Å²) in [5.41, 5.74) is 4.49. The summed E-state index contributed by atoms with van der Waals surface area (Å²) in [6.07, 6.45) is 7.71. The summed E-state index contributed by atoms with van der Waals surface area (Å²) in [4.78, 5) is 46.8. The first-order chi connectivity index (χ1) is 12.0. The monoisotopic (exact) mass is 345 g/mol. The Hall–Kier alpha value is -2.38. The van der Waals surface area contributed by atoms with E-state index < -0.39 is 11.5 Å². The van der Waals surface area contributed by atoms with E-state index in [-0.39, 0.29) is 23.6 Å². The molecule has 8 nitrogen and oxygen atoms in total. The highest BCUT2D eigenvalue weighted by atomic mass is 16.2. The third-order valence-corrected chi connectivity index (χ3v) is 5.80. The molecule has 3 heterocycles. The third kappa shape index (κ3) is 2.79. The first-order valence-electron chi connectivity index (χ1n) is 9.01. The van der Waals surface area contributed by atoms with Gasteiger partial charge in [-0.05, 0) is 19.3 Å². The average molecular weight is 345 g/mol.